The summed E-state index contributed by atoms with van der Waals surface area (Å²) in [5, 5.41) is 13.5. The first kappa shape index (κ1) is 17.3. The molecule has 0 aliphatic rings. The SMILES string of the molecule is [CH2-]O.[CH2-]O.[Mg+2]. The Hall–Kier alpha value is 0.686. The molecule has 0 unspecified atom stereocenters. The topological polar surface area (TPSA) is 40.5 Å². The van der Waals surface area contributed by atoms with E-state index in [1.54, 1.807) is 0 Å². The van der Waals surface area contributed by atoms with Gasteiger partial charge in [0.05, 0.1) is 0 Å². The third-order valence-corrected chi connectivity index (χ3v) is 0. The molecule has 0 aliphatic heterocycles. The summed E-state index contributed by atoms with van der Waals surface area (Å²) in [5.74, 6) is 0. The van der Waals surface area contributed by atoms with Crippen LogP contribution in [0.4, 0.5) is 0 Å². The second kappa shape index (κ2) is 135. The molecule has 0 amide bonds. The quantitative estimate of drug-likeness (QED) is 0.320. The Morgan fingerprint density at radius 3 is 0.800 bits per heavy atom. The van der Waals surface area contributed by atoms with E-state index >= 15 is 0 Å². The summed E-state index contributed by atoms with van der Waals surface area (Å²) in [6.45, 7) is 0. The molecule has 28 valence electrons. The minimum atomic E-state index is 0. The standard InChI is InChI=1S/2CH3O.Mg/c2*1-2;/h2*2H,1H2;/q2*-1;+2. The van der Waals surface area contributed by atoms with Crippen molar-refractivity contribution in [2.24, 2.45) is 0 Å². The zero-order valence-electron chi connectivity index (χ0n) is 3.02. The Morgan fingerprint density at radius 1 is 0.800 bits per heavy atom. The number of aliphatic hydroxyl groups is 2. The first-order valence-corrected chi connectivity index (χ1v) is 0.632. The van der Waals surface area contributed by atoms with Crippen LogP contribution < -0.4 is 0 Å². The molecule has 0 atom stereocenters. The molecular formula is C2H6MgO2. The number of rotatable bonds is 0. The first-order chi connectivity index (χ1) is 2.00. The summed E-state index contributed by atoms with van der Waals surface area (Å²) in [4.78, 5) is 0. The number of aliphatic hydroxyl groups excluding tert-OH is 2. The molecule has 3 heteroatoms. The molecule has 2 N–H and O–H groups in total. The van der Waals surface area contributed by atoms with Crippen molar-refractivity contribution in [3.8, 4) is 0 Å². The predicted molar refractivity (Wildman–Crippen MR) is 20.3 cm³/mol. The Balaban J connectivity index is -0.0000000133. The van der Waals surface area contributed by atoms with Crippen LogP contribution in [0, 0.1) is 14.2 Å². The zero-order chi connectivity index (χ0) is 4.00. The minimum absolute atomic E-state index is 0. The molecule has 0 aromatic rings. The van der Waals surface area contributed by atoms with Crippen molar-refractivity contribution in [2.75, 3.05) is 0 Å². The van der Waals surface area contributed by atoms with Gasteiger partial charge in [0.2, 0.25) is 0 Å². The fourth-order valence-electron chi connectivity index (χ4n) is 0. The Morgan fingerprint density at radius 2 is 0.800 bits per heavy atom. The zero-order valence-corrected chi connectivity index (χ0v) is 4.43. The Bertz CT molecular complexity index is 7.61. The van der Waals surface area contributed by atoms with Crippen molar-refractivity contribution in [1.82, 2.24) is 0 Å². The van der Waals surface area contributed by atoms with Gasteiger partial charge in [0, 0.05) is 0 Å². The summed E-state index contributed by atoms with van der Waals surface area (Å²) >= 11 is 0. The summed E-state index contributed by atoms with van der Waals surface area (Å²) in [5.41, 5.74) is 0. The average molecular weight is 86.4 g/mol. The van der Waals surface area contributed by atoms with Gasteiger partial charge < -0.3 is 10.2 Å². The maximum Gasteiger partial charge on any atom is 2.00 e. The van der Waals surface area contributed by atoms with Gasteiger partial charge >= 0.3 is 23.1 Å². The largest absolute Gasteiger partial charge is 2.00 e. The van der Waals surface area contributed by atoms with E-state index in [0.717, 1.165) is 0 Å². The Labute approximate surface area is 48.0 Å². The van der Waals surface area contributed by atoms with Crippen LogP contribution in [0.15, 0.2) is 0 Å². The van der Waals surface area contributed by atoms with Crippen LogP contribution in [-0.4, -0.2) is 33.3 Å². The minimum Gasteiger partial charge on any atom is -0.569 e. The van der Waals surface area contributed by atoms with Crippen LogP contribution in [0.5, 0.6) is 0 Å². The van der Waals surface area contributed by atoms with E-state index in [4.69, 9.17) is 10.2 Å². The van der Waals surface area contributed by atoms with Crippen molar-refractivity contribution >= 4 is 23.1 Å². The molecule has 5 heavy (non-hydrogen) atoms. The predicted octanol–water partition coefficient (Wildman–Crippen LogP) is -0.0798. The Kier molecular flexibility index (Phi) is 468. The molecule has 0 saturated heterocycles. The van der Waals surface area contributed by atoms with Crippen LogP contribution in [0.25, 0.3) is 0 Å². The third-order valence-electron chi connectivity index (χ3n) is 0. The smallest absolute Gasteiger partial charge is 0.569 e. The molecule has 0 aliphatic carbocycles. The molecule has 0 aromatic carbocycles. The molecular weight excluding hydrogens is 80.3 g/mol. The van der Waals surface area contributed by atoms with Crippen molar-refractivity contribution in [2.45, 2.75) is 0 Å². The summed E-state index contributed by atoms with van der Waals surface area (Å²) in [6.07, 6.45) is 0. The second-order valence-corrected chi connectivity index (χ2v) is 0. The summed E-state index contributed by atoms with van der Waals surface area (Å²) in [7, 11) is 4.50. The van der Waals surface area contributed by atoms with Crippen LogP contribution in [0.2, 0.25) is 0 Å². The van der Waals surface area contributed by atoms with Gasteiger partial charge in [-0.05, 0) is 0 Å². The number of hydrogen-bond donors (Lipinski definition) is 2. The first-order valence-electron chi connectivity index (χ1n) is 0.632. The fraction of sp³-hybridized carbons (Fsp3) is 0. The van der Waals surface area contributed by atoms with Crippen LogP contribution in [-0.2, 0) is 0 Å². The van der Waals surface area contributed by atoms with Gasteiger partial charge in [0.25, 0.3) is 0 Å². The maximum absolute atomic E-state index is 6.75. The van der Waals surface area contributed by atoms with Crippen molar-refractivity contribution in [1.29, 1.82) is 0 Å². The summed E-state index contributed by atoms with van der Waals surface area (Å²) < 4.78 is 0. The van der Waals surface area contributed by atoms with Crippen molar-refractivity contribution in [3.63, 3.8) is 0 Å². The van der Waals surface area contributed by atoms with Crippen molar-refractivity contribution in [3.05, 3.63) is 14.2 Å². The van der Waals surface area contributed by atoms with Gasteiger partial charge in [0.15, 0.2) is 0 Å². The van der Waals surface area contributed by atoms with E-state index in [1.807, 2.05) is 0 Å². The van der Waals surface area contributed by atoms with Crippen LogP contribution >= 0.6 is 0 Å². The molecule has 0 spiro atoms. The van der Waals surface area contributed by atoms with E-state index in [0.29, 0.717) is 0 Å². The summed E-state index contributed by atoms with van der Waals surface area (Å²) in [6, 6.07) is 0. The second-order valence-electron chi connectivity index (χ2n) is 0. The van der Waals surface area contributed by atoms with Gasteiger partial charge in [-0.2, -0.15) is 0 Å². The molecule has 0 heterocycles. The third kappa shape index (κ3) is 71.8. The molecule has 0 rings (SSSR count). The molecule has 2 nitrogen and oxygen atoms in total. The molecule has 0 aromatic heterocycles. The van der Waals surface area contributed by atoms with E-state index < -0.39 is 0 Å². The van der Waals surface area contributed by atoms with Gasteiger partial charge in [-0.15, -0.1) is 0 Å². The molecule has 0 radical (unpaired) electrons. The fourth-order valence-corrected chi connectivity index (χ4v) is 0. The number of hydrogen-bond acceptors (Lipinski definition) is 2. The molecule has 0 saturated carbocycles. The van der Waals surface area contributed by atoms with Crippen LogP contribution in [0.1, 0.15) is 0 Å². The van der Waals surface area contributed by atoms with E-state index in [2.05, 4.69) is 14.2 Å². The van der Waals surface area contributed by atoms with Gasteiger partial charge in [0.1, 0.15) is 0 Å². The normalized spacial score (nSPS) is 2.40. The molecule has 0 fully saturated rings. The van der Waals surface area contributed by atoms with E-state index in [-0.39, 0.29) is 23.1 Å². The van der Waals surface area contributed by atoms with Crippen LogP contribution in [0.3, 0.4) is 0 Å². The van der Waals surface area contributed by atoms with E-state index in [9.17, 15) is 0 Å². The van der Waals surface area contributed by atoms with Crippen molar-refractivity contribution < 1.29 is 10.2 Å². The van der Waals surface area contributed by atoms with E-state index in [1.165, 1.54) is 0 Å². The monoisotopic (exact) mass is 86.0 g/mol. The average Bonchev–Trinajstić information content (AvgIpc) is 1.50. The maximum atomic E-state index is 6.75. The molecule has 0 bridgehead atoms. The van der Waals surface area contributed by atoms with Gasteiger partial charge in [-0.1, -0.05) is 0 Å². The van der Waals surface area contributed by atoms with Gasteiger partial charge in [-0.25, -0.2) is 14.2 Å². The van der Waals surface area contributed by atoms with Gasteiger partial charge in [-0.3, -0.25) is 0 Å².